The second kappa shape index (κ2) is 8.29. The number of hydrogen-bond donors (Lipinski definition) is 2. The largest absolute Gasteiger partial charge is 0.478 e. The van der Waals surface area contributed by atoms with Crippen LogP contribution < -0.4 is 5.32 Å². The summed E-state index contributed by atoms with van der Waals surface area (Å²) in [6.45, 7) is 4.07. The van der Waals surface area contributed by atoms with Crippen molar-refractivity contribution < 1.29 is 18.9 Å². The van der Waals surface area contributed by atoms with Crippen molar-refractivity contribution in [2.24, 2.45) is 0 Å². The maximum Gasteiger partial charge on any atom is 0.336 e. The maximum atomic E-state index is 12.5. The van der Waals surface area contributed by atoms with Crippen LogP contribution >= 0.6 is 15.9 Å². The number of carbonyl (C=O) groups excluding carboxylic acids is 1. The molecule has 0 saturated heterocycles. The van der Waals surface area contributed by atoms with Gasteiger partial charge < -0.3 is 10.4 Å². The molecule has 1 rings (SSSR count). The lowest BCUT2D eigenvalue weighted by atomic mass is 10.2. The van der Waals surface area contributed by atoms with E-state index in [0.29, 0.717) is 11.0 Å². The third-order valence-electron chi connectivity index (χ3n) is 2.91. The van der Waals surface area contributed by atoms with Gasteiger partial charge >= 0.3 is 5.97 Å². The second-order valence-electron chi connectivity index (χ2n) is 4.53. The molecule has 1 aromatic carbocycles. The first-order valence-electron chi connectivity index (χ1n) is 6.59. The maximum absolute atomic E-state index is 12.5. The molecule has 0 saturated carbocycles. The van der Waals surface area contributed by atoms with Crippen LogP contribution in [0.2, 0.25) is 0 Å². The zero-order chi connectivity index (χ0) is 16.0. The van der Waals surface area contributed by atoms with Crippen LogP contribution in [0, 0.1) is 0 Å². The number of rotatable bonds is 7. The lowest BCUT2D eigenvalue weighted by Crippen LogP contribution is -2.36. The molecular weight excluding hydrogens is 358 g/mol. The van der Waals surface area contributed by atoms with E-state index in [4.69, 9.17) is 5.11 Å². The van der Waals surface area contributed by atoms with Crippen molar-refractivity contribution in [2.45, 2.75) is 36.8 Å². The van der Waals surface area contributed by atoms with E-state index in [1.807, 2.05) is 6.92 Å². The van der Waals surface area contributed by atoms with Gasteiger partial charge in [0.1, 0.15) is 5.25 Å². The standard InChI is InChI=1S/C14H18BrNO4S/c1-3-4-7-16-13(17)9(2)21(20)12-8-10(15)5-6-11(12)14(18)19/h5-6,8-9H,3-4,7H2,1-2H3,(H,16,17)(H,18,19). The van der Waals surface area contributed by atoms with Gasteiger partial charge in [0.15, 0.2) is 0 Å². The quantitative estimate of drug-likeness (QED) is 0.717. The van der Waals surface area contributed by atoms with Crippen molar-refractivity contribution in [1.29, 1.82) is 0 Å². The van der Waals surface area contributed by atoms with Gasteiger partial charge in [-0.05, 0) is 31.5 Å². The highest BCUT2D eigenvalue weighted by Gasteiger charge is 2.25. The summed E-state index contributed by atoms with van der Waals surface area (Å²) >= 11 is 3.22. The van der Waals surface area contributed by atoms with Crippen molar-refractivity contribution in [1.82, 2.24) is 5.32 Å². The van der Waals surface area contributed by atoms with E-state index in [-0.39, 0.29) is 16.4 Å². The van der Waals surface area contributed by atoms with Gasteiger partial charge in [-0.2, -0.15) is 0 Å². The molecule has 0 spiro atoms. The molecule has 0 aliphatic heterocycles. The van der Waals surface area contributed by atoms with Crippen LogP contribution in [-0.4, -0.2) is 33.0 Å². The molecule has 0 aliphatic rings. The number of hydrogen-bond acceptors (Lipinski definition) is 3. The highest BCUT2D eigenvalue weighted by molar-refractivity contribution is 9.10. The van der Waals surface area contributed by atoms with Crippen LogP contribution in [0.4, 0.5) is 0 Å². The Hall–Kier alpha value is -1.21. The van der Waals surface area contributed by atoms with Crippen LogP contribution in [0.5, 0.6) is 0 Å². The third-order valence-corrected chi connectivity index (χ3v) is 5.03. The second-order valence-corrected chi connectivity index (χ2v) is 7.19. The molecule has 21 heavy (non-hydrogen) atoms. The number of halogens is 1. The first-order valence-corrected chi connectivity index (χ1v) is 8.60. The summed E-state index contributed by atoms with van der Waals surface area (Å²) in [5.74, 6) is -1.50. The van der Waals surface area contributed by atoms with Gasteiger partial charge in [0.25, 0.3) is 0 Å². The van der Waals surface area contributed by atoms with Crippen molar-refractivity contribution in [2.75, 3.05) is 6.54 Å². The van der Waals surface area contributed by atoms with Crippen molar-refractivity contribution in [3.05, 3.63) is 28.2 Å². The van der Waals surface area contributed by atoms with Crippen molar-refractivity contribution >= 4 is 38.6 Å². The Balaban J connectivity index is 2.94. The summed E-state index contributed by atoms with van der Waals surface area (Å²) in [7, 11) is -1.73. The lowest BCUT2D eigenvalue weighted by Gasteiger charge is -2.14. The minimum absolute atomic E-state index is 0.0512. The number of amides is 1. The number of carboxylic acids is 1. The summed E-state index contributed by atoms with van der Waals surface area (Å²) in [5.41, 5.74) is -0.0512. The van der Waals surface area contributed by atoms with Crippen LogP contribution in [0.15, 0.2) is 27.6 Å². The monoisotopic (exact) mass is 375 g/mol. The van der Waals surface area contributed by atoms with Crippen molar-refractivity contribution in [3.8, 4) is 0 Å². The van der Waals surface area contributed by atoms with Gasteiger partial charge in [0.05, 0.1) is 21.3 Å². The van der Waals surface area contributed by atoms with Crippen molar-refractivity contribution in [3.63, 3.8) is 0 Å². The Morgan fingerprint density at radius 3 is 2.67 bits per heavy atom. The molecule has 0 aromatic heterocycles. The predicted octanol–water partition coefficient (Wildman–Crippen LogP) is 2.56. The Kier molecular flexibility index (Phi) is 7.04. The van der Waals surface area contributed by atoms with E-state index < -0.39 is 22.0 Å². The van der Waals surface area contributed by atoms with E-state index in [9.17, 15) is 13.8 Å². The molecule has 1 amide bonds. The molecule has 0 bridgehead atoms. The van der Waals surface area contributed by atoms with E-state index in [2.05, 4.69) is 21.2 Å². The van der Waals surface area contributed by atoms with E-state index in [0.717, 1.165) is 12.8 Å². The summed E-state index contributed by atoms with van der Waals surface area (Å²) < 4.78 is 13.1. The number of aromatic carboxylic acids is 1. The van der Waals surface area contributed by atoms with Crippen LogP contribution in [0.1, 0.15) is 37.0 Å². The molecule has 0 aliphatic carbocycles. The fourth-order valence-electron chi connectivity index (χ4n) is 1.66. The summed E-state index contributed by atoms with van der Waals surface area (Å²) in [4.78, 5) is 23.3. The predicted molar refractivity (Wildman–Crippen MR) is 84.9 cm³/mol. The lowest BCUT2D eigenvalue weighted by molar-refractivity contribution is -0.120. The number of carbonyl (C=O) groups is 2. The zero-order valence-electron chi connectivity index (χ0n) is 11.9. The third kappa shape index (κ3) is 4.93. The molecule has 0 fully saturated rings. The molecule has 2 atom stereocenters. The van der Waals surface area contributed by atoms with Crippen LogP contribution in [0.25, 0.3) is 0 Å². The SMILES string of the molecule is CCCCNC(=O)C(C)S(=O)c1cc(Br)ccc1C(=O)O. The fourth-order valence-corrected chi connectivity index (χ4v) is 3.45. The summed E-state index contributed by atoms with van der Waals surface area (Å²) in [5, 5.41) is 11.0. The molecule has 0 heterocycles. The Morgan fingerprint density at radius 1 is 1.43 bits per heavy atom. The molecule has 0 radical (unpaired) electrons. The molecule has 5 nitrogen and oxygen atoms in total. The molecule has 1 aromatic rings. The molecule has 116 valence electrons. The van der Waals surface area contributed by atoms with Gasteiger partial charge in [-0.1, -0.05) is 29.3 Å². The molecule has 7 heteroatoms. The number of benzene rings is 1. The fraction of sp³-hybridized carbons (Fsp3) is 0.429. The van der Waals surface area contributed by atoms with Gasteiger partial charge in [0, 0.05) is 11.0 Å². The average Bonchev–Trinajstić information content (AvgIpc) is 2.45. The van der Waals surface area contributed by atoms with Crippen LogP contribution in [-0.2, 0) is 15.6 Å². The number of nitrogens with one attached hydrogen (secondary N) is 1. The van der Waals surface area contributed by atoms with Gasteiger partial charge in [-0.15, -0.1) is 0 Å². The zero-order valence-corrected chi connectivity index (χ0v) is 14.3. The summed E-state index contributed by atoms with van der Waals surface area (Å²) in [6.07, 6.45) is 1.80. The number of unbranched alkanes of at least 4 members (excludes halogenated alkanes) is 1. The number of carboxylic acid groups (broad SMARTS) is 1. The minimum atomic E-state index is -1.73. The first-order chi connectivity index (χ1) is 9.88. The molecular formula is C14H18BrNO4S. The summed E-state index contributed by atoms with van der Waals surface area (Å²) in [6, 6.07) is 4.42. The Labute approximate surface area is 134 Å². The first kappa shape index (κ1) is 17.8. The topological polar surface area (TPSA) is 83.5 Å². The Bertz CT molecular complexity index is 562. The van der Waals surface area contributed by atoms with Gasteiger partial charge in [-0.25, -0.2) is 4.79 Å². The Morgan fingerprint density at radius 2 is 2.10 bits per heavy atom. The average molecular weight is 376 g/mol. The highest BCUT2D eigenvalue weighted by Crippen LogP contribution is 2.22. The van der Waals surface area contributed by atoms with Gasteiger partial charge in [-0.3, -0.25) is 9.00 Å². The minimum Gasteiger partial charge on any atom is -0.478 e. The van der Waals surface area contributed by atoms with Gasteiger partial charge in [0.2, 0.25) is 5.91 Å². The molecule has 2 unspecified atom stereocenters. The van der Waals surface area contributed by atoms with E-state index >= 15 is 0 Å². The molecule has 2 N–H and O–H groups in total. The normalized spacial score (nSPS) is 13.5. The van der Waals surface area contributed by atoms with Crippen LogP contribution in [0.3, 0.4) is 0 Å². The van der Waals surface area contributed by atoms with E-state index in [1.54, 1.807) is 6.07 Å². The van der Waals surface area contributed by atoms with E-state index in [1.165, 1.54) is 19.1 Å². The smallest absolute Gasteiger partial charge is 0.336 e. The highest BCUT2D eigenvalue weighted by atomic mass is 79.9.